The lowest BCUT2D eigenvalue weighted by molar-refractivity contribution is 0.132. The fourth-order valence-corrected chi connectivity index (χ4v) is 5.02. The largest absolute Gasteiger partial charge is 0.385 e. The van der Waals surface area contributed by atoms with E-state index in [1.165, 1.54) is 31.2 Å². The molecule has 2 unspecified atom stereocenters. The van der Waals surface area contributed by atoms with E-state index in [1.54, 1.807) is 0 Å². The molecule has 5 nitrogen and oxygen atoms in total. The first-order valence-electron chi connectivity index (χ1n) is 11.4. The molecule has 30 heavy (non-hydrogen) atoms. The van der Waals surface area contributed by atoms with E-state index in [-0.39, 0.29) is 24.0 Å². The molecule has 0 amide bonds. The molecular weight excluding hydrogens is 487 g/mol. The van der Waals surface area contributed by atoms with Crippen LogP contribution in [0.15, 0.2) is 35.3 Å². The van der Waals surface area contributed by atoms with Crippen molar-refractivity contribution in [3.63, 3.8) is 0 Å². The Kier molecular flexibility index (Phi) is 10.9. The Labute approximate surface area is 200 Å². The van der Waals surface area contributed by atoms with Gasteiger partial charge in [0, 0.05) is 52.5 Å². The van der Waals surface area contributed by atoms with Crippen molar-refractivity contribution in [3.8, 4) is 0 Å². The molecule has 6 heteroatoms. The van der Waals surface area contributed by atoms with Crippen molar-refractivity contribution in [3.05, 3.63) is 35.9 Å². The number of piperidine rings is 1. The molecule has 1 aliphatic heterocycles. The van der Waals surface area contributed by atoms with Gasteiger partial charge in [0.1, 0.15) is 0 Å². The second kappa shape index (κ2) is 12.9. The summed E-state index contributed by atoms with van der Waals surface area (Å²) in [5.74, 6) is 0.961. The number of ether oxygens (including phenoxy) is 1. The van der Waals surface area contributed by atoms with Gasteiger partial charge in [-0.1, -0.05) is 43.2 Å². The van der Waals surface area contributed by atoms with Gasteiger partial charge in [0.25, 0.3) is 0 Å². The highest BCUT2D eigenvalue weighted by Crippen LogP contribution is 2.40. The molecule has 2 N–H and O–H groups in total. The van der Waals surface area contributed by atoms with E-state index in [0.29, 0.717) is 17.5 Å². The van der Waals surface area contributed by atoms with Crippen LogP contribution in [-0.2, 0) is 11.3 Å². The van der Waals surface area contributed by atoms with Crippen LogP contribution < -0.4 is 10.6 Å². The number of rotatable bonds is 8. The molecule has 1 saturated carbocycles. The predicted molar refractivity (Wildman–Crippen MR) is 137 cm³/mol. The number of nitrogens with zero attached hydrogens (tertiary/aromatic N) is 2. The number of halogens is 1. The topological polar surface area (TPSA) is 48.9 Å². The van der Waals surface area contributed by atoms with Gasteiger partial charge in [0.05, 0.1) is 0 Å². The predicted octanol–water partition coefficient (Wildman–Crippen LogP) is 4.42. The Morgan fingerprint density at radius 3 is 2.60 bits per heavy atom. The van der Waals surface area contributed by atoms with Crippen LogP contribution in [0.25, 0.3) is 0 Å². The SMILES string of the molecule is CN=C(NCC1(CCOC)CCCC1)NC1CCN(Cc2ccccc2)C(C)C1.I. The second-order valence-electron chi connectivity index (χ2n) is 9.05. The molecule has 1 saturated heterocycles. The van der Waals surface area contributed by atoms with Gasteiger partial charge in [0.2, 0.25) is 0 Å². The van der Waals surface area contributed by atoms with E-state index in [4.69, 9.17) is 4.74 Å². The third-order valence-electron chi connectivity index (χ3n) is 6.94. The van der Waals surface area contributed by atoms with Crippen LogP contribution in [0.4, 0.5) is 0 Å². The Hall–Kier alpha value is -0.860. The minimum atomic E-state index is 0. The summed E-state index contributed by atoms with van der Waals surface area (Å²) in [6.45, 7) is 6.38. The molecule has 3 rings (SSSR count). The number of benzene rings is 1. The van der Waals surface area contributed by atoms with Crippen LogP contribution in [0.3, 0.4) is 0 Å². The van der Waals surface area contributed by atoms with Gasteiger partial charge >= 0.3 is 0 Å². The number of guanidine groups is 1. The van der Waals surface area contributed by atoms with Crippen molar-refractivity contribution in [1.29, 1.82) is 0 Å². The van der Waals surface area contributed by atoms with Crippen LogP contribution >= 0.6 is 24.0 Å². The number of nitrogens with one attached hydrogen (secondary N) is 2. The van der Waals surface area contributed by atoms with Gasteiger partial charge < -0.3 is 15.4 Å². The number of likely N-dealkylation sites (tertiary alicyclic amines) is 1. The standard InChI is InChI=1S/C24H40N4O.HI/c1-20-17-22(11-15-28(20)18-21-9-5-4-6-10-21)27-23(25-2)26-19-24(14-16-29-3)12-7-8-13-24;/h4-6,9-10,20,22H,7-8,11-19H2,1-3H3,(H2,25,26,27);1H. The van der Waals surface area contributed by atoms with Crippen molar-refractivity contribution in [2.75, 3.05) is 33.9 Å². The zero-order chi connectivity index (χ0) is 20.5. The number of aliphatic imine (C=N–C) groups is 1. The first-order chi connectivity index (χ1) is 14.1. The Balaban J connectivity index is 0.00000320. The smallest absolute Gasteiger partial charge is 0.191 e. The maximum absolute atomic E-state index is 5.37. The fourth-order valence-electron chi connectivity index (χ4n) is 5.02. The van der Waals surface area contributed by atoms with Crippen molar-refractivity contribution in [2.24, 2.45) is 10.4 Å². The normalized spacial score (nSPS) is 24.3. The first-order valence-corrected chi connectivity index (χ1v) is 11.4. The Morgan fingerprint density at radius 1 is 1.23 bits per heavy atom. The van der Waals surface area contributed by atoms with E-state index in [2.05, 4.69) is 57.8 Å². The van der Waals surface area contributed by atoms with Gasteiger partial charge in [-0.25, -0.2) is 0 Å². The van der Waals surface area contributed by atoms with Gasteiger partial charge in [-0.05, 0) is 50.0 Å². The monoisotopic (exact) mass is 528 g/mol. The van der Waals surface area contributed by atoms with E-state index in [1.807, 2.05) is 14.2 Å². The lowest BCUT2D eigenvalue weighted by Gasteiger charge is -2.38. The molecule has 1 aromatic carbocycles. The van der Waals surface area contributed by atoms with Crippen molar-refractivity contribution >= 4 is 29.9 Å². The van der Waals surface area contributed by atoms with Crippen LogP contribution in [0.5, 0.6) is 0 Å². The highest BCUT2D eigenvalue weighted by molar-refractivity contribution is 14.0. The molecule has 1 aromatic rings. The minimum Gasteiger partial charge on any atom is -0.385 e. The second-order valence-corrected chi connectivity index (χ2v) is 9.05. The molecule has 2 atom stereocenters. The van der Waals surface area contributed by atoms with E-state index in [0.717, 1.165) is 51.5 Å². The van der Waals surface area contributed by atoms with Gasteiger partial charge in [-0.15, -0.1) is 24.0 Å². The molecular formula is C24H41IN4O. The third kappa shape index (κ3) is 7.38. The summed E-state index contributed by atoms with van der Waals surface area (Å²) in [6.07, 6.45) is 8.74. The number of methoxy groups -OCH3 is 1. The molecule has 2 aliphatic rings. The summed E-state index contributed by atoms with van der Waals surface area (Å²) in [4.78, 5) is 7.12. The summed E-state index contributed by atoms with van der Waals surface area (Å²) in [5.41, 5.74) is 1.78. The minimum absolute atomic E-state index is 0. The zero-order valence-corrected chi connectivity index (χ0v) is 21.4. The molecule has 1 heterocycles. The summed E-state index contributed by atoms with van der Waals surface area (Å²) >= 11 is 0. The molecule has 170 valence electrons. The van der Waals surface area contributed by atoms with Crippen molar-refractivity contribution < 1.29 is 4.74 Å². The highest BCUT2D eigenvalue weighted by atomic mass is 127. The lowest BCUT2D eigenvalue weighted by atomic mass is 9.83. The first kappa shape index (κ1) is 25.4. The maximum Gasteiger partial charge on any atom is 0.191 e. The fraction of sp³-hybridized carbons (Fsp3) is 0.708. The molecule has 0 bridgehead atoms. The van der Waals surface area contributed by atoms with Crippen molar-refractivity contribution in [1.82, 2.24) is 15.5 Å². The molecule has 2 fully saturated rings. The summed E-state index contributed by atoms with van der Waals surface area (Å²) in [6, 6.07) is 11.9. The summed E-state index contributed by atoms with van der Waals surface area (Å²) < 4.78 is 5.37. The Morgan fingerprint density at radius 2 is 1.97 bits per heavy atom. The van der Waals surface area contributed by atoms with Crippen LogP contribution in [0.2, 0.25) is 0 Å². The average Bonchev–Trinajstić information content (AvgIpc) is 3.21. The summed E-state index contributed by atoms with van der Waals surface area (Å²) in [5, 5.41) is 7.34. The van der Waals surface area contributed by atoms with E-state index in [9.17, 15) is 0 Å². The molecule has 0 radical (unpaired) electrons. The third-order valence-corrected chi connectivity index (χ3v) is 6.94. The lowest BCUT2D eigenvalue weighted by Crippen LogP contribution is -2.52. The number of hydrogen-bond acceptors (Lipinski definition) is 3. The van der Waals surface area contributed by atoms with Crippen LogP contribution in [-0.4, -0.2) is 56.8 Å². The summed E-state index contributed by atoms with van der Waals surface area (Å²) in [7, 11) is 3.70. The van der Waals surface area contributed by atoms with E-state index >= 15 is 0 Å². The van der Waals surface area contributed by atoms with Gasteiger partial charge in [-0.2, -0.15) is 0 Å². The zero-order valence-electron chi connectivity index (χ0n) is 19.0. The number of hydrogen-bond donors (Lipinski definition) is 2. The molecule has 0 aromatic heterocycles. The van der Waals surface area contributed by atoms with E-state index < -0.39 is 0 Å². The Bertz CT molecular complexity index is 633. The quantitative estimate of drug-likeness (QED) is 0.298. The van der Waals surface area contributed by atoms with Crippen LogP contribution in [0, 0.1) is 5.41 Å². The maximum atomic E-state index is 5.37. The average molecular weight is 529 g/mol. The highest BCUT2D eigenvalue weighted by Gasteiger charge is 2.34. The molecule has 0 spiro atoms. The van der Waals surface area contributed by atoms with Gasteiger partial charge in [0.15, 0.2) is 5.96 Å². The van der Waals surface area contributed by atoms with Crippen LogP contribution in [0.1, 0.15) is 57.4 Å². The van der Waals surface area contributed by atoms with Crippen molar-refractivity contribution in [2.45, 2.75) is 70.5 Å². The molecule has 1 aliphatic carbocycles. The van der Waals surface area contributed by atoms with Gasteiger partial charge in [-0.3, -0.25) is 9.89 Å².